The van der Waals surface area contributed by atoms with Crippen molar-refractivity contribution in [3.05, 3.63) is 40.9 Å². The molecule has 1 aromatic carbocycles. The third kappa shape index (κ3) is 1.98. The lowest BCUT2D eigenvalue weighted by Crippen LogP contribution is -2.30. The molecule has 0 aromatic heterocycles. The fourth-order valence-corrected chi connectivity index (χ4v) is 3.09. The van der Waals surface area contributed by atoms with Gasteiger partial charge in [-0.3, -0.25) is 9.59 Å². The highest BCUT2D eigenvalue weighted by Gasteiger charge is 2.48. The van der Waals surface area contributed by atoms with E-state index in [0.29, 0.717) is 23.6 Å². The van der Waals surface area contributed by atoms with Crippen LogP contribution in [0.15, 0.2) is 35.9 Å². The number of hydrogen-bond acceptors (Lipinski definition) is 2. The lowest BCUT2D eigenvalue weighted by molar-refractivity contribution is -0.122. The predicted octanol–water partition coefficient (Wildman–Crippen LogP) is 3.19. The van der Waals surface area contributed by atoms with Crippen molar-refractivity contribution in [2.75, 3.05) is 4.90 Å². The van der Waals surface area contributed by atoms with E-state index in [1.54, 1.807) is 24.3 Å². The second-order valence-electron chi connectivity index (χ2n) is 5.20. The van der Waals surface area contributed by atoms with Gasteiger partial charge in [0.15, 0.2) is 0 Å². The number of anilines is 1. The Kier molecular flexibility index (Phi) is 2.94. The van der Waals surface area contributed by atoms with Gasteiger partial charge in [-0.1, -0.05) is 29.3 Å². The Bertz CT molecular complexity index is 594. The van der Waals surface area contributed by atoms with E-state index in [9.17, 15) is 9.59 Å². The summed E-state index contributed by atoms with van der Waals surface area (Å²) >= 11 is 5.94. The summed E-state index contributed by atoms with van der Waals surface area (Å²) in [7, 11) is 0. The van der Waals surface area contributed by atoms with Crippen LogP contribution in [-0.2, 0) is 9.59 Å². The van der Waals surface area contributed by atoms with Crippen molar-refractivity contribution >= 4 is 29.1 Å². The maximum atomic E-state index is 12.4. The highest BCUT2D eigenvalue weighted by atomic mass is 35.5. The van der Waals surface area contributed by atoms with E-state index >= 15 is 0 Å². The van der Waals surface area contributed by atoms with Crippen LogP contribution in [-0.4, -0.2) is 11.8 Å². The fourth-order valence-electron chi connectivity index (χ4n) is 2.91. The van der Waals surface area contributed by atoms with Gasteiger partial charge >= 0.3 is 0 Å². The van der Waals surface area contributed by atoms with Crippen LogP contribution in [0.3, 0.4) is 0 Å². The summed E-state index contributed by atoms with van der Waals surface area (Å²) in [6.07, 6.45) is 3.41. The van der Waals surface area contributed by atoms with E-state index in [0.717, 1.165) is 0 Å². The molecule has 3 rings (SSSR count). The quantitative estimate of drug-likeness (QED) is 0.583. The molecule has 1 heterocycles. The number of rotatable bonds is 1. The van der Waals surface area contributed by atoms with Gasteiger partial charge in [0.05, 0.1) is 17.5 Å². The maximum Gasteiger partial charge on any atom is 0.238 e. The van der Waals surface area contributed by atoms with Gasteiger partial charge in [0.1, 0.15) is 0 Å². The van der Waals surface area contributed by atoms with E-state index < -0.39 is 0 Å². The van der Waals surface area contributed by atoms with Gasteiger partial charge in [-0.15, -0.1) is 0 Å². The van der Waals surface area contributed by atoms with Gasteiger partial charge < -0.3 is 0 Å². The van der Waals surface area contributed by atoms with Crippen LogP contribution >= 0.6 is 11.6 Å². The number of fused-ring (bicyclic) bond motifs is 1. The summed E-state index contributed by atoms with van der Waals surface area (Å²) in [4.78, 5) is 26.1. The molecule has 1 fully saturated rings. The first-order chi connectivity index (χ1) is 9.08. The summed E-state index contributed by atoms with van der Waals surface area (Å²) in [6.45, 7) is 2.01. The molecule has 0 unspecified atom stereocenters. The molecule has 19 heavy (non-hydrogen) atoms. The van der Waals surface area contributed by atoms with Crippen molar-refractivity contribution in [3.8, 4) is 0 Å². The number of amides is 2. The van der Waals surface area contributed by atoms with Gasteiger partial charge in [-0.2, -0.15) is 0 Å². The van der Waals surface area contributed by atoms with Crippen molar-refractivity contribution in [1.29, 1.82) is 0 Å². The topological polar surface area (TPSA) is 37.4 Å². The molecular weight excluding hydrogens is 262 g/mol. The van der Waals surface area contributed by atoms with Crippen LogP contribution < -0.4 is 4.90 Å². The van der Waals surface area contributed by atoms with Crippen LogP contribution in [0.4, 0.5) is 5.69 Å². The number of carbonyl (C=O) groups excluding carboxylic acids is 2. The van der Waals surface area contributed by atoms with Crippen molar-refractivity contribution in [3.63, 3.8) is 0 Å². The Morgan fingerprint density at radius 3 is 2.68 bits per heavy atom. The van der Waals surface area contributed by atoms with Crippen LogP contribution in [0.5, 0.6) is 0 Å². The fraction of sp³-hybridized carbons (Fsp3) is 0.333. The molecule has 0 radical (unpaired) electrons. The number of hydrogen-bond donors (Lipinski definition) is 0. The number of imide groups is 1. The normalized spacial score (nSPS) is 26.4. The molecule has 0 saturated carbocycles. The minimum Gasteiger partial charge on any atom is -0.274 e. The van der Waals surface area contributed by atoms with Crippen LogP contribution in [0, 0.1) is 11.8 Å². The van der Waals surface area contributed by atoms with Crippen molar-refractivity contribution in [2.45, 2.75) is 19.8 Å². The largest absolute Gasteiger partial charge is 0.274 e. The van der Waals surface area contributed by atoms with Crippen LogP contribution in [0.25, 0.3) is 0 Å². The Balaban J connectivity index is 1.97. The van der Waals surface area contributed by atoms with Crippen LogP contribution in [0.2, 0.25) is 5.02 Å². The summed E-state index contributed by atoms with van der Waals surface area (Å²) in [5.41, 5.74) is 1.77. The van der Waals surface area contributed by atoms with E-state index in [-0.39, 0.29) is 23.7 Å². The minimum atomic E-state index is -0.199. The third-order valence-electron chi connectivity index (χ3n) is 3.89. The molecule has 0 N–H and O–H groups in total. The number of carbonyl (C=O) groups is 2. The lowest BCUT2D eigenvalue weighted by atomic mass is 9.82. The second kappa shape index (κ2) is 4.49. The molecule has 2 amide bonds. The Morgan fingerprint density at radius 1 is 1.21 bits per heavy atom. The Morgan fingerprint density at radius 2 is 1.95 bits per heavy atom. The Labute approximate surface area is 116 Å². The molecule has 2 atom stereocenters. The zero-order valence-corrected chi connectivity index (χ0v) is 11.4. The molecule has 0 spiro atoms. The first kappa shape index (κ1) is 12.4. The molecule has 2 aliphatic rings. The highest BCUT2D eigenvalue weighted by Crippen LogP contribution is 2.39. The molecule has 1 aliphatic heterocycles. The van der Waals surface area contributed by atoms with Crippen molar-refractivity contribution < 1.29 is 9.59 Å². The van der Waals surface area contributed by atoms with Crippen molar-refractivity contribution in [2.24, 2.45) is 11.8 Å². The smallest absolute Gasteiger partial charge is 0.238 e. The molecule has 98 valence electrons. The molecule has 1 saturated heterocycles. The van der Waals surface area contributed by atoms with Gasteiger partial charge in [0.2, 0.25) is 11.8 Å². The van der Waals surface area contributed by atoms with Crippen molar-refractivity contribution in [1.82, 2.24) is 0 Å². The molecule has 3 nitrogen and oxygen atoms in total. The van der Waals surface area contributed by atoms with E-state index in [1.807, 2.05) is 6.92 Å². The maximum absolute atomic E-state index is 12.4. The minimum absolute atomic E-state index is 0.0929. The summed E-state index contributed by atoms with van der Waals surface area (Å²) < 4.78 is 0. The average molecular weight is 276 g/mol. The lowest BCUT2D eigenvalue weighted by Gasteiger charge is -2.18. The summed E-state index contributed by atoms with van der Waals surface area (Å²) in [5, 5.41) is 0.530. The number of allylic oxidation sites excluding steroid dienone is 2. The average Bonchev–Trinajstić information content (AvgIpc) is 2.61. The van der Waals surface area contributed by atoms with Gasteiger partial charge in [-0.25, -0.2) is 4.90 Å². The molecule has 1 aromatic rings. The zero-order chi connectivity index (χ0) is 13.6. The predicted molar refractivity (Wildman–Crippen MR) is 73.9 cm³/mol. The molecule has 4 heteroatoms. The van der Waals surface area contributed by atoms with E-state index in [1.165, 1.54) is 10.5 Å². The zero-order valence-electron chi connectivity index (χ0n) is 10.6. The van der Waals surface area contributed by atoms with Crippen LogP contribution in [0.1, 0.15) is 19.8 Å². The molecular formula is C15H14ClNO2. The number of benzene rings is 1. The van der Waals surface area contributed by atoms with E-state index in [2.05, 4.69) is 6.08 Å². The summed E-state index contributed by atoms with van der Waals surface area (Å²) in [6, 6.07) is 6.90. The first-order valence-corrected chi connectivity index (χ1v) is 6.75. The SMILES string of the molecule is CC1=CC[C@@H]2C(=O)N(c3cccc(Cl)c3)C(=O)[C@H]2C1. The monoisotopic (exact) mass is 275 g/mol. The molecule has 1 aliphatic carbocycles. The Hall–Kier alpha value is -1.61. The standard InChI is InChI=1S/C15H14ClNO2/c1-9-5-6-12-13(7-9)15(19)17(14(12)18)11-4-2-3-10(16)8-11/h2-5,8,12-13H,6-7H2,1H3/t12-,13-/m0/s1. The van der Waals surface area contributed by atoms with Gasteiger partial charge in [-0.05, 0) is 38.0 Å². The van der Waals surface area contributed by atoms with Gasteiger partial charge in [0.25, 0.3) is 0 Å². The third-order valence-corrected chi connectivity index (χ3v) is 4.12. The van der Waals surface area contributed by atoms with Gasteiger partial charge in [0, 0.05) is 5.02 Å². The second-order valence-corrected chi connectivity index (χ2v) is 5.63. The number of nitrogens with zero attached hydrogens (tertiary/aromatic N) is 1. The molecule has 0 bridgehead atoms. The summed E-state index contributed by atoms with van der Waals surface area (Å²) in [5.74, 6) is -0.586. The first-order valence-electron chi connectivity index (χ1n) is 6.37. The number of halogens is 1. The highest BCUT2D eigenvalue weighted by molar-refractivity contribution is 6.31. The van der Waals surface area contributed by atoms with E-state index in [4.69, 9.17) is 11.6 Å².